The van der Waals surface area contributed by atoms with Crippen LogP contribution < -0.4 is 5.32 Å². The number of amides is 1. The van der Waals surface area contributed by atoms with Crippen LogP contribution in [0.5, 0.6) is 0 Å². The van der Waals surface area contributed by atoms with Crippen LogP contribution in [0.4, 0.5) is 0 Å². The van der Waals surface area contributed by atoms with Crippen molar-refractivity contribution in [3.8, 4) is 0 Å². The Morgan fingerprint density at radius 3 is 2.75 bits per heavy atom. The minimum absolute atomic E-state index is 0.0859. The second kappa shape index (κ2) is 6.70. The number of hydrogen-bond acceptors (Lipinski definition) is 2. The van der Waals surface area contributed by atoms with Gasteiger partial charge in [-0.15, -0.1) is 0 Å². The summed E-state index contributed by atoms with van der Waals surface area (Å²) in [5.41, 5.74) is 0. The molecule has 0 radical (unpaired) electrons. The molecule has 3 heteroatoms. The summed E-state index contributed by atoms with van der Waals surface area (Å²) in [5, 5.41) is 2.72. The molecule has 0 saturated carbocycles. The summed E-state index contributed by atoms with van der Waals surface area (Å²) in [7, 11) is 0. The second-order valence-corrected chi connectivity index (χ2v) is 2.61. The summed E-state index contributed by atoms with van der Waals surface area (Å²) >= 11 is 0. The lowest BCUT2D eigenvalue weighted by atomic mass is 10.3. The molecule has 0 aromatic carbocycles. The maximum Gasteiger partial charge on any atom is 0.220 e. The number of nitrogens with one attached hydrogen (secondary N) is 1. The van der Waals surface area contributed by atoms with Crippen LogP contribution >= 0.6 is 0 Å². The van der Waals surface area contributed by atoms with Crippen molar-refractivity contribution in [2.75, 3.05) is 13.2 Å². The Bertz CT molecular complexity index is 155. The fourth-order valence-corrected chi connectivity index (χ4v) is 0.765. The molecule has 12 heavy (non-hydrogen) atoms. The van der Waals surface area contributed by atoms with Crippen molar-refractivity contribution in [2.24, 2.45) is 0 Å². The quantitative estimate of drug-likeness (QED) is 0.485. The van der Waals surface area contributed by atoms with E-state index >= 15 is 0 Å². The highest BCUT2D eigenvalue weighted by Crippen LogP contribution is 1.95. The van der Waals surface area contributed by atoms with E-state index in [1.807, 2.05) is 6.92 Å². The maximum atomic E-state index is 10.9. The highest BCUT2D eigenvalue weighted by molar-refractivity contribution is 5.75. The molecule has 0 aromatic heterocycles. The van der Waals surface area contributed by atoms with Gasteiger partial charge in [-0.05, 0) is 20.3 Å². The third kappa shape index (κ3) is 7.12. The van der Waals surface area contributed by atoms with E-state index in [0.29, 0.717) is 25.3 Å². The molecule has 3 nitrogen and oxygen atoms in total. The fraction of sp³-hybridized carbons (Fsp3) is 0.667. The minimum Gasteiger partial charge on any atom is -0.499 e. The zero-order valence-electron chi connectivity index (χ0n) is 7.85. The van der Waals surface area contributed by atoms with E-state index in [1.165, 1.54) is 0 Å². The van der Waals surface area contributed by atoms with Crippen LogP contribution in [-0.4, -0.2) is 19.1 Å². The van der Waals surface area contributed by atoms with Gasteiger partial charge in [0, 0.05) is 13.0 Å². The monoisotopic (exact) mass is 171 g/mol. The molecular weight excluding hydrogens is 154 g/mol. The van der Waals surface area contributed by atoms with Gasteiger partial charge < -0.3 is 10.1 Å². The molecule has 0 saturated heterocycles. The first-order valence-corrected chi connectivity index (χ1v) is 4.21. The molecule has 1 amide bonds. The van der Waals surface area contributed by atoms with Crippen molar-refractivity contribution in [1.82, 2.24) is 5.32 Å². The van der Waals surface area contributed by atoms with E-state index in [4.69, 9.17) is 4.74 Å². The molecule has 0 heterocycles. The van der Waals surface area contributed by atoms with Gasteiger partial charge in [-0.2, -0.15) is 0 Å². The summed E-state index contributed by atoms with van der Waals surface area (Å²) in [6.45, 7) is 8.56. The SMILES string of the molecule is C=C(C)OCCCC(=O)NCC. The van der Waals surface area contributed by atoms with Crippen LogP contribution in [0.2, 0.25) is 0 Å². The molecule has 0 atom stereocenters. The summed E-state index contributed by atoms with van der Waals surface area (Å²) in [5.74, 6) is 0.786. The van der Waals surface area contributed by atoms with Crippen LogP contribution in [0.15, 0.2) is 12.3 Å². The molecule has 0 aromatic rings. The fourth-order valence-electron chi connectivity index (χ4n) is 0.765. The van der Waals surface area contributed by atoms with E-state index in [1.54, 1.807) is 6.92 Å². The first kappa shape index (κ1) is 11.0. The smallest absolute Gasteiger partial charge is 0.220 e. The molecule has 0 unspecified atom stereocenters. The molecule has 0 fully saturated rings. The Morgan fingerprint density at radius 2 is 2.25 bits per heavy atom. The number of hydrogen-bond donors (Lipinski definition) is 1. The molecule has 0 rings (SSSR count). The average molecular weight is 171 g/mol. The van der Waals surface area contributed by atoms with Crippen molar-refractivity contribution in [1.29, 1.82) is 0 Å². The Kier molecular flexibility index (Phi) is 6.15. The molecule has 0 aliphatic heterocycles. The third-order valence-corrected chi connectivity index (χ3v) is 1.27. The number of ether oxygens (including phenoxy) is 1. The standard InChI is InChI=1S/C9H17NO2/c1-4-10-9(11)6-5-7-12-8(2)3/h2,4-7H2,1,3H3,(H,10,11). The largest absolute Gasteiger partial charge is 0.499 e. The van der Waals surface area contributed by atoms with Crippen LogP contribution in [0.3, 0.4) is 0 Å². The highest BCUT2D eigenvalue weighted by Gasteiger charge is 1.98. The normalized spacial score (nSPS) is 9.17. The van der Waals surface area contributed by atoms with Gasteiger partial charge in [-0.3, -0.25) is 4.79 Å². The lowest BCUT2D eigenvalue weighted by Gasteiger charge is -2.04. The Labute approximate surface area is 73.8 Å². The van der Waals surface area contributed by atoms with E-state index in [0.717, 1.165) is 6.42 Å². The number of carbonyl (C=O) groups excluding carboxylic acids is 1. The highest BCUT2D eigenvalue weighted by atomic mass is 16.5. The second-order valence-electron chi connectivity index (χ2n) is 2.61. The predicted molar refractivity (Wildman–Crippen MR) is 48.7 cm³/mol. The summed E-state index contributed by atoms with van der Waals surface area (Å²) in [6, 6.07) is 0. The first-order valence-electron chi connectivity index (χ1n) is 4.21. The van der Waals surface area contributed by atoms with Gasteiger partial charge in [0.25, 0.3) is 0 Å². The molecule has 0 aliphatic carbocycles. The van der Waals surface area contributed by atoms with Gasteiger partial charge in [0.1, 0.15) is 0 Å². The summed E-state index contributed by atoms with van der Waals surface area (Å²) in [6.07, 6.45) is 1.28. The average Bonchev–Trinajstić information content (AvgIpc) is 1.98. The third-order valence-electron chi connectivity index (χ3n) is 1.27. The minimum atomic E-state index is 0.0859. The Morgan fingerprint density at radius 1 is 1.58 bits per heavy atom. The van der Waals surface area contributed by atoms with Gasteiger partial charge in [0.05, 0.1) is 12.4 Å². The zero-order chi connectivity index (χ0) is 9.40. The molecule has 0 aliphatic rings. The maximum absolute atomic E-state index is 10.9. The lowest BCUT2D eigenvalue weighted by molar-refractivity contribution is -0.121. The van der Waals surface area contributed by atoms with Crippen LogP contribution in [0.1, 0.15) is 26.7 Å². The summed E-state index contributed by atoms with van der Waals surface area (Å²) < 4.78 is 5.10. The van der Waals surface area contributed by atoms with Crippen LogP contribution in [0, 0.1) is 0 Å². The summed E-state index contributed by atoms with van der Waals surface area (Å²) in [4.78, 5) is 10.9. The van der Waals surface area contributed by atoms with Crippen molar-refractivity contribution in [3.05, 3.63) is 12.3 Å². The lowest BCUT2D eigenvalue weighted by Crippen LogP contribution is -2.22. The zero-order valence-corrected chi connectivity index (χ0v) is 7.85. The van der Waals surface area contributed by atoms with Crippen molar-refractivity contribution in [2.45, 2.75) is 26.7 Å². The van der Waals surface area contributed by atoms with Gasteiger partial charge in [-0.25, -0.2) is 0 Å². The molecule has 70 valence electrons. The van der Waals surface area contributed by atoms with E-state index in [9.17, 15) is 4.79 Å². The van der Waals surface area contributed by atoms with E-state index < -0.39 is 0 Å². The van der Waals surface area contributed by atoms with Crippen molar-refractivity contribution in [3.63, 3.8) is 0 Å². The van der Waals surface area contributed by atoms with E-state index in [2.05, 4.69) is 11.9 Å². The van der Waals surface area contributed by atoms with Crippen molar-refractivity contribution >= 4 is 5.91 Å². The number of rotatable bonds is 6. The Balaban J connectivity index is 3.19. The number of carbonyl (C=O) groups is 1. The molecule has 1 N–H and O–H groups in total. The molecule has 0 bridgehead atoms. The number of allylic oxidation sites excluding steroid dienone is 1. The van der Waals surface area contributed by atoms with Crippen LogP contribution in [-0.2, 0) is 9.53 Å². The van der Waals surface area contributed by atoms with Gasteiger partial charge in [0.15, 0.2) is 0 Å². The molecule has 0 spiro atoms. The Hall–Kier alpha value is -0.990. The molecular formula is C9H17NO2. The van der Waals surface area contributed by atoms with Gasteiger partial charge in [0.2, 0.25) is 5.91 Å². The van der Waals surface area contributed by atoms with Crippen LogP contribution in [0.25, 0.3) is 0 Å². The topological polar surface area (TPSA) is 38.3 Å². The van der Waals surface area contributed by atoms with E-state index in [-0.39, 0.29) is 5.91 Å². The van der Waals surface area contributed by atoms with Gasteiger partial charge in [-0.1, -0.05) is 6.58 Å². The van der Waals surface area contributed by atoms with Gasteiger partial charge >= 0.3 is 0 Å². The van der Waals surface area contributed by atoms with Crippen molar-refractivity contribution < 1.29 is 9.53 Å². The predicted octanol–water partition coefficient (Wildman–Crippen LogP) is 1.45. The first-order chi connectivity index (χ1) is 5.66.